The zero-order chi connectivity index (χ0) is 14.2. The average molecular weight is 275 g/mol. The van der Waals surface area contributed by atoms with E-state index in [1.165, 1.54) is 0 Å². The summed E-state index contributed by atoms with van der Waals surface area (Å²) < 4.78 is 10.6. The van der Waals surface area contributed by atoms with Crippen LogP contribution < -0.4 is 4.90 Å². The van der Waals surface area contributed by atoms with Crippen LogP contribution in [0.25, 0.3) is 0 Å². The number of nitrogens with zero attached hydrogens (tertiary/aromatic N) is 1. The van der Waals surface area contributed by atoms with Crippen molar-refractivity contribution in [2.24, 2.45) is 0 Å². The molecule has 0 spiro atoms. The molecule has 0 saturated carbocycles. The first-order valence-corrected chi connectivity index (χ1v) is 6.87. The lowest BCUT2D eigenvalue weighted by atomic mass is 10.2. The van der Waals surface area contributed by atoms with Gasteiger partial charge in [0, 0.05) is 18.8 Å². The van der Waals surface area contributed by atoms with Gasteiger partial charge < -0.3 is 19.2 Å². The topological polar surface area (TPSA) is 45.8 Å². The van der Waals surface area contributed by atoms with Crippen molar-refractivity contribution in [2.75, 3.05) is 24.6 Å². The Balaban J connectivity index is 1.76. The van der Waals surface area contributed by atoms with E-state index in [9.17, 15) is 5.11 Å². The van der Waals surface area contributed by atoms with E-state index in [2.05, 4.69) is 11.8 Å². The van der Waals surface area contributed by atoms with Gasteiger partial charge in [0.25, 0.3) is 0 Å². The minimum Gasteiger partial charge on any atom is -0.467 e. The average Bonchev–Trinajstić information content (AvgIpc) is 2.99. The first kappa shape index (κ1) is 14.6. The lowest BCUT2D eigenvalue weighted by Crippen LogP contribution is -2.34. The highest BCUT2D eigenvalue weighted by atomic mass is 16.5. The number of anilines is 1. The zero-order valence-electron chi connectivity index (χ0n) is 11.7. The molecule has 0 saturated heterocycles. The van der Waals surface area contributed by atoms with Gasteiger partial charge in [-0.2, -0.15) is 0 Å². The number of rotatable bonds is 8. The molecule has 1 aromatic heterocycles. The normalized spacial score (nSPS) is 12.3. The Labute approximate surface area is 119 Å². The van der Waals surface area contributed by atoms with Crippen molar-refractivity contribution < 1.29 is 14.3 Å². The second-order valence-electron chi connectivity index (χ2n) is 4.62. The van der Waals surface area contributed by atoms with Crippen LogP contribution in [-0.2, 0) is 11.3 Å². The molecule has 0 fully saturated rings. The minimum atomic E-state index is -0.523. The quantitative estimate of drug-likeness (QED) is 0.804. The van der Waals surface area contributed by atoms with Crippen LogP contribution in [0.2, 0.25) is 0 Å². The number of benzene rings is 1. The number of hydrogen-bond acceptors (Lipinski definition) is 4. The molecule has 0 aliphatic carbocycles. The Kier molecular flexibility index (Phi) is 5.65. The van der Waals surface area contributed by atoms with Crippen molar-refractivity contribution in [2.45, 2.75) is 19.6 Å². The molecule has 0 bridgehead atoms. The lowest BCUT2D eigenvalue weighted by Gasteiger charge is -2.25. The maximum Gasteiger partial charge on any atom is 0.129 e. The van der Waals surface area contributed by atoms with Crippen molar-refractivity contribution in [3.8, 4) is 0 Å². The Morgan fingerprint density at radius 1 is 1.20 bits per heavy atom. The summed E-state index contributed by atoms with van der Waals surface area (Å²) in [6.45, 7) is 4.16. The van der Waals surface area contributed by atoms with Crippen LogP contribution in [0.4, 0.5) is 5.69 Å². The van der Waals surface area contributed by atoms with Crippen molar-refractivity contribution in [1.82, 2.24) is 0 Å². The van der Waals surface area contributed by atoms with E-state index in [0.717, 1.165) is 18.0 Å². The lowest BCUT2D eigenvalue weighted by molar-refractivity contribution is 0.0256. The van der Waals surface area contributed by atoms with Crippen LogP contribution in [-0.4, -0.2) is 30.9 Å². The minimum absolute atomic E-state index is 0.296. The third-order valence-corrected chi connectivity index (χ3v) is 3.07. The van der Waals surface area contributed by atoms with Gasteiger partial charge in [0.2, 0.25) is 0 Å². The third kappa shape index (κ3) is 4.40. The Morgan fingerprint density at radius 2 is 2.00 bits per heavy atom. The Morgan fingerprint density at radius 3 is 2.65 bits per heavy atom. The molecule has 108 valence electrons. The highest BCUT2D eigenvalue weighted by Gasteiger charge is 2.11. The fourth-order valence-electron chi connectivity index (χ4n) is 2.05. The number of furan rings is 1. The number of hydrogen-bond donors (Lipinski definition) is 1. The first-order valence-electron chi connectivity index (χ1n) is 6.87. The van der Waals surface area contributed by atoms with Gasteiger partial charge in [0.05, 0.1) is 19.0 Å². The third-order valence-electron chi connectivity index (χ3n) is 3.07. The number of ether oxygens (including phenoxy) is 1. The van der Waals surface area contributed by atoms with Gasteiger partial charge in [-0.15, -0.1) is 0 Å². The van der Waals surface area contributed by atoms with Crippen LogP contribution in [0.3, 0.4) is 0 Å². The number of aliphatic hydroxyl groups excluding tert-OH is 1. The number of likely N-dealkylation sites (N-methyl/N-ethyl adjacent to an activating group) is 1. The summed E-state index contributed by atoms with van der Waals surface area (Å²) in [6.07, 6.45) is 1.09. The second-order valence-corrected chi connectivity index (χ2v) is 4.62. The summed E-state index contributed by atoms with van der Waals surface area (Å²) in [6, 6.07) is 13.7. The van der Waals surface area contributed by atoms with Gasteiger partial charge in [0.1, 0.15) is 12.4 Å². The van der Waals surface area contributed by atoms with Crippen LogP contribution in [0.5, 0.6) is 0 Å². The largest absolute Gasteiger partial charge is 0.467 e. The van der Waals surface area contributed by atoms with E-state index in [0.29, 0.717) is 19.8 Å². The van der Waals surface area contributed by atoms with Gasteiger partial charge >= 0.3 is 0 Å². The van der Waals surface area contributed by atoms with E-state index in [1.807, 2.05) is 42.5 Å². The van der Waals surface area contributed by atoms with Crippen molar-refractivity contribution in [3.63, 3.8) is 0 Å². The van der Waals surface area contributed by atoms with Crippen LogP contribution in [0.15, 0.2) is 53.1 Å². The SMILES string of the molecule is CCN(CC(O)COCc1ccco1)c1ccccc1. The second kappa shape index (κ2) is 7.72. The molecule has 2 aromatic rings. The maximum absolute atomic E-state index is 10.0. The van der Waals surface area contributed by atoms with Crippen LogP contribution >= 0.6 is 0 Å². The van der Waals surface area contributed by atoms with E-state index >= 15 is 0 Å². The smallest absolute Gasteiger partial charge is 0.129 e. The van der Waals surface area contributed by atoms with E-state index < -0.39 is 6.10 Å². The van der Waals surface area contributed by atoms with Gasteiger partial charge in [0.15, 0.2) is 0 Å². The van der Waals surface area contributed by atoms with Gasteiger partial charge in [-0.25, -0.2) is 0 Å². The summed E-state index contributed by atoms with van der Waals surface area (Å²) in [5, 5.41) is 10.0. The summed E-state index contributed by atoms with van der Waals surface area (Å²) >= 11 is 0. The van der Waals surface area contributed by atoms with E-state index in [-0.39, 0.29) is 0 Å². The van der Waals surface area contributed by atoms with E-state index in [1.54, 1.807) is 6.26 Å². The Hall–Kier alpha value is -1.78. The standard InChI is InChI=1S/C16H21NO3/c1-2-17(14-7-4-3-5-8-14)11-15(18)12-19-13-16-9-6-10-20-16/h3-10,15,18H,2,11-13H2,1H3. The van der Waals surface area contributed by atoms with Crippen molar-refractivity contribution in [3.05, 3.63) is 54.5 Å². The zero-order valence-corrected chi connectivity index (χ0v) is 11.7. The summed E-state index contributed by atoms with van der Waals surface area (Å²) in [7, 11) is 0. The molecule has 1 N–H and O–H groups in total. The highest BCUT2D eigenvalue weighted by Crippen LogP contribution is 2.13. The van der Waals surface area contributed by atoms with Crippen LogP contribution in [0.1, 0.15) is 12.7 Å². The molecule has 1 aromatic carbocycles. The molecule has 4 heteroatoms. The Bertz CT molecular complexity index is 470. The fourth-order valence-corrected chi connectivity index (χ4v) is 2.05. The van der Waals surface area contributed by atoms with E-state index in [4.69, 9.17) is 9.15 Å². The van der Waals surface area contributed by atoms with Crippen LogP contribution in [0, 0.1) is 0 Å². The monoisotopic (exact) mass is 275 g/mol. The maximum atomic E-state index is 10.0. The molecule has 1 unspecified atom stereocenters. The fraction of sp³-hybridized carbons (Fsp3) is 0.375. The molecule has 4 nitrogen and oxygen atoms in total. The highest BCUT2D eigenvalue weighted by molar-refractivity contribution is 5.45. The molecule has 2 rings (SSSR count). The van der Waals surface area contributed by atoms with Gasteiger partial charge in [-0.05, 0) is 31.2 Å². The summed E-state index contributed by atoms with van der Waals surface area (Å²) in [4.78, 5) is 2.13. The molecule has 1 heterocycles. The van der Waals surface area contributed by atoms with Gasteiger partial charge in [-0.1, -0.05) is 18.2 Å². The predicted octanol–water partition coefficient (Wildman–Crippen LogP) is 2.68. The number of aliphatic hydroxyl groups is 1. The molecule has 0 radical (unpaired) electrons. The van der Waals surface area contributed by atoms with Gasteiger partial charge in [-0.3, -0.25) is 0 Å². The molecule has 0 aliphatic rings. The molecule has 0 amide bonds. The molecular weight excluding hydrogens is 254 g/mol. The molecule has 20 heavy (non-hydrogen) atoms. The van der Waals surface area contributed by atoms with Crippen molar-refractivity contribution in [1.29, 1.82) is 0 Å². The summed E-state index contributed by atoms with van der Waals surface area (Å²) in [5.74, 6) is 0.771. The van der Waals surface area contributed by atoms with Crippen molar-refractivity contribution >= 4 is 5.69 Å². The summed E-state index contributed by atoms with van der Waals surface area (Å²) in [5.41, 5.74) is 1.11. The molecular formula is C16H21NO3. The first-order chi connectivity index (χ1) is 9.79. The number of para-hydroxylation sites is 1. The predicted molar refractivity (Wildman–Crippen MR) is 78.7 cm³/mol. The molecule has 1 atom stereocenters. The molecule has 0 aliphatic heterocycles.